The van der Waals surface area contributed by atoms with Gasteiger partial charge in [-0.2, -0.15) is 0 Å². The maximum atomic E-state index is 14.1. The summed E-state index contributed by atoms with van der Waals surface area (Å²) in [5.74, 6) is 0.763. The molecular formula is C11H14FNO. The highest BCUT2D eigenvalue weighted by atomic mass is 19.1. The summed E-state index contributed by atoms with van der Waals surface area (Å²) < 4.78 is 19.3. The van der Waals surface area contributed by atoms with Crippen LogP contribution < -0.4 is 10.1 Å². The number of alkyl halides is 1. The second kappa shape index (κ2) is 3.24. The van der Waals surface area contributed by atoms with E-state index < -0.39 is 5.67 Å². The Morgan fingerprint density at radius 2 is 2.29 bits per heavy atom. The minimum Gasteiger partial charge on any atom is -0.496 e. The van der Waals surface area contributed by atoms with Gasteiger partial charge in [0.05, 0.1) is 7.11 Å². The maximum Gasteiger partial charge on any atom is 0.146 e. The third-order valence-electron chi connectivity index (χ3n) is 2.67. The fourth-order valence-corrected chi connectivity index (χ4v) is 1.95. The zero-order valence-corrected chi connectivity index (χ0v) is 8.43. The first-order valence-electron chi connectivity index (χ1n) is 4.71. The Bertz CT molecular complexity index is 349. The fourth-order valence-electron chi connectivity index (χ4n) is 1.95. The van der Waals surface area contributed by atoms with Crippen LogP contribution in [0.25, 0.3) is 0 Å². The number of ether oxygens (including phenoxy) is 1. The van der Waals surface area contributed by atoms with Crippen molar-refractivity contribution < 1.29 is 9.13 Å². The van der Waals surface area contributed by atoms with Crippen LogP contribution in [-0.2, 0) is 12.2 Å². The van der Waals surface area contributed by atoms with Gasteiger partial charge in [-0.15, -0.1) is 0 Å². The van der Waals surface area contributed by atoms with Crippen LogP contribution in [0.5, 0.6) is 5.75 Å². The Hall–Kier alpha value is -1.09. The Kier molecular flexibility index (Phi) is 2.19. The molecule has 0 spiro atoms. The van der Waals surface area contributed by atoms with Gasteiger partial charge < -0.3 is 10.1 Å². The third kappa shape index (κ3) is 1.38. The molecule has 76 valence electrons. The molecule has 1 atom stereocenters. The average Bonchev–Trinajstić information content (AvgIpc) is 2.17. The number of methoxy groups -OCH3 is 1. The Labute approximate surface area is 83.1 Å². The van der Waals surface area contributed by atoms with Crippen molar-refractivity contribution in [2.24, 2.45) is 0 Å². The topological polar surface area (TPSA) is 21.3 Å². The van der Waals surface area contributed by atoms with Crippen molar-refractivity contribution in [3.05, 3.63) is 29.3 Å². The number of halogens is 1. The van der Waals surface area contributed by atoms with Crippen molar-refractivity contribution in [1.29, 1.82) is 0 Å². The first kappa shape index (κ1) is 9.46. The molecule has 0 saturated carbocycles. The van der Waals surface area contributed by atoms with E-state index in [0.717, 1.165) is 16.9 Å². The van der Waals surface area contributed by atoms with Gasteiger partial charge in [0.25, 0.3) is 0 Å². The SMILES string of the molecule is COc1cccc2c1CNCC2(C)F. The molecule has 0 radical (unpaired) electrons. The van der Waals surface area contributed by atoms with E-state index in [-0.39, 0.29) is 0 Å². The molecule has 0 aliphatic carbocycles. The van der Waals surface area contributed by atoms with Crippen molar-refractivity contribution in [2.45, 2.75) is 19.1 Å². The normalized spacial score (nSPS) is 25.6. The van der Waals surface area contributed by atoms with Crippen molar-refractivity contribution in [2.75, 3.05) is 13.7 Å². The molecule has 2 rings (SSSR count). The fraction of sp³-hybridized carbons (Fsp3) is 0.455. The monoisotopic (exact) mass is 195 g/mol. The molecule has 14 heavy (non-hydrogen) atoms. The Morgan fingerprint density at radius 1 is 1.50 bits per heavy atom. The summed E-state index contributed by atoms with van der Waals surface area (Å²) in [6.45, 7) is 2.64. The molecule has 0 bridgehead atoms. The molecule has 1 aliphatic rings. The minimum atomic E-state index is -1.29. The summed E-state index contributed by atoms with van der Waals surface area (Å²) in [7, 11) is 1.61. The van der Waals surface area contributed by atoms with E-state index in [1.807, 2.05) is 18.2 Å². The first-order chi connectivity index (χ1) is 6.65. The van der Waals surface area contributed by atoms with E-state index in [9.17, 15) is 4.39 Å². The summed E-state index contributed by atoms with van der Waals surface area (Å²) in [5, 5.41) is 3.05. The molecule has 0 amide bonds. The Morgan fingerprint density at radius 3 is 3.00 bits per heavy atom. The predicted molar refractivity (Wildman–Crippen MR) is 53.2 cm³/mol. The van der Waals surface area contributed by atoms with Crippen LogP contribution in [0, 0.1) is 0 Å². The molecule has 3 heteroatoms. The van der Waals surface area contributed by atoms with Crippen molar-refractivity contribution >= 4 is 0 Å². The molecule has 1 aromatic rings. The van der Waals surface area contributed by atoms with Crippen molar-refractivity contribution in [1.82, 2.24) is 5.32 Å². The van der Waals surface area contributed by atoms with Crippen LogP contribution in [0.4, 0.5) is 4.39 Å². The van der Waals surface area contributed by atoms with Crippen LogP contribution in [0.1, 0.15) is 18.1 Å². The number of nitrogens with one attached hydrogen (secondary N) is 1. The molecule has 2 nitrogen and oxygen atoms in total. The van der Waals surface area contributed by atoms with Crippen LogP contribution in [-0.4, -0.2) is 13.7 Å². The van der Waals surface area contributed by atoms with Gasteiger partial charge in [0, 0.05) is 18.7 Å². The van der Waals surface area contributed by atoms with E-state index >= 15 is 0 Å². The van der Waals surface area contributed by atoms with Gasteiger partial charge >= 0.3 is 0 Å². The van der Waals surface area contributed by atoms with E-state index in [0.29, 0.717) is 13.1 Å². The van der Waals surface area contributed by atoms with Gasteiger partial charge in [0.1, 0.15) is 11.4 Å². The third-order valence-corrected chi connectivity index (χ3v) is 2.67. The average molecular weight is 195 g/mol. The highest BCUT2D eigenvalue weighted by molar-refractivity contribution is 5.44. The lowest BCUT2D eigenvalue weighted by atomic mass is 9.89. The van der Waals surface area contributed by atoms with Crippen LogP contribution in [0.3, 0.4) is 0 Å². The molecular weight excluding hydrogens is 181 g/mol. The molecule has 1 aromatic carbocycles. The van der Waals surface area contributed by atoms with Gasteiger partial charge in [0.15, 0.2) is 0 Å². The molecule has 1 heterocycles. The van der Waals surface area contributed by atoms with Gasteiger partial charge in [0.2, 0.25) is 0 Å². The molecule has 1 N–H and O–H groups in total. The van der Waals surface area contributed by atoms with Crippen LogP contribution in [0.2, 0.25) is 0 Å². The number of rotatable bonds is 1. The first-order valence-corrected chi connectivity index (χ1v) is 4.71. The summed E-state index contributed by atoms with van der Waals surface area (Å²) >= 11 is 0. The summed E-state index contributed by atoms with van der Waals surface area (Å²) in [6, 6.07) is 5.53. The number of hydrogen-bond donors (Lipinski definition) is 1. The summed E-state index contributed by atoms with van der Waals surface area (Å²) in [6.07, 6.45) is 0. The number of hydrogen-bond acceptors (Lipinski definition) is 2. The molecule has 0 fully saturated rings. The molecule has 1 aliphatic heterocycles. The largest absolute Gasteiger partial charge is 0.496 e. The molecule has 0 aromatic heterocycles. The van der Waals surface area contributed by atoms with Gasteiger partial charge in [-0.25, -0.2) is 4.39 Å². The summed E-state index contributed by atoms with van der Waals surface area (Å²) in [5.41, 5.74) is 0.393. The van der Waals surface area contributed by atoms with E-state index in [1.54, 1.807) is 14.0 Å². The zero-order valence-electron chi connectivity index (χ0n) is 8.43. The maximum absolute atomic E-state index is 14.1. The van der Waals surface area contributed by atoms with Crippen LogP contribution >= 0.6 is 0 Å². The van der Waals surface area contributed by atoms with E-state index in [1.165, 1.54) is 0 Å². The highest BCUT2D eigenvalue weighted by Gasteiger charge is 2.32. The lowest BCUT2D eigenvalue weighted by Gasteiger charge is -2.30. The predicted octanol–water partition coefficient (Wildman–Crippen LogP) is 1.98. The lowest BCUT2D eigenvalue weighted by Crippen LogP contribution is -2.37. The molecule has 0 saturated heterocycles. The van der Waals surface area contributed by atoms with Crippen LogP contribution in [0.15, 0.2) is 18.2 Å². The number of benzene rings is 1. The second-order valence-corrected chi connectivity index (χ2v) is 3.79. The minimum absolute atomic E-state index is 0.368. The van der Waals surface area contributed by atoms with Crippen molar-refractivity contribution in [3.63, 3.8) is 0 Å². The van der Waals surface area contributed by atoms with E-state index in [4.69, 9.17) is 4.74 Å². The standard InChI is InChI=1S/C11H14FNO/c1-11(12)7-13-6-8-9(11)4-3-5-10(8)14-2/h3-5,13H,6-7H2,1-2H3. The quantitative estimate of drug-likeness (QED) is 0.739. The van der Waals surface area contributed by atoms with Gasteiger partial charge in [-0.05, 0) is 18.6 Å². The number of fused-ring (bicyclic) bond motifs is 1. The van der Waals surface area contributed by atoms with E-state index in [2.05, 4.69) is 5.32 Å². The zero-order chi connectivity index (χ0) is 10.2. The van der Waals surface area contributed by atoms with Gasteiger partial charge in [-0.3, -0.25) is 0 Å². The van der Waals surface area contributed by atoms with Gasteiger partial charge in [-0.1, -0.05) is 12.1 Å². The summed E-state index contributed by atoms with van der Waals surface area (Å²) in [4.78, 5) is 0. The highest BCUT2D eigenvalue weighted by Crippen LogP contribution is 2.35. The smallest absolute Gasteiger partial charge is 0.146 e. The Balaban J connectivity index is 2.55. The second-order valence-electron chi connectivity index (χ2n) is 3.79. The van der Waals surface area contributed by atoms with Crippen molar-refractivity contribution in [3.8, 4) is 5.75 Å². The molecule has 1 unspecified atom stereocenters. The lowest BCUT2D eigenvalue weighted by molar-refractivity contribution is 0.171.